The number of nitrogens with zero attached hydrogens (tertiary/aromatic N) is 4. The zero-order valence-corrected chi connectivity index (χ0v) is 24.7. The Bertz CT molecular complexity index is 1400. The SMILES string of the molecule is CCN1CCC(N(CC)C[C@@H](C)COc2cccc(Nc3nc(Nc4ccccc4OC)c4cc[nH]c4n3)c2)CC1. The number of aromatic nitrogens is 3. The molecule has 2 aromatic carbocycles. The highest BCUT2D eigenvalue weighted by Crippen LogP contribution is 2.31. The van der Waals surface area contributed by atoms with Crippen molar-refractivity contribution >= 4 is 34.2 Å². The van der Waals surface area contributed by atoms with Gasteiger partial charge in [-0.1, -0.05) is 39.0 Å². The zero-order valence-electron chi connectivity index (χ0n) is 24.7. The lowest BCUT2D eigenvalue weighted by atomic mass is 10.0. The molecule has 1 aliphatic heterocycles. The number of hydrogen-bond donors (Lipinski definition) is 3. The number of rotatable bonds is 13. The Hall–Kier alpha value is -3.82. The molecule has 3 N–H and O–H groups in total. The van der Waals surface area contributed by atoms with Crippen LogP contribution >= 0.6 is 0 Å². The number of nitrogens with one attached hydrogen (secondary N) is 3. The summed E-state index contributed by atoms with van der Waals surface area (Å²) in [7, 11) is 1.66. The lowest BCUT2D eigenvalue weighted by Gasteiger charge is -2.38. The predicted molar refractivity (Wildman–Crippen MR) is 167 cm³/mol. The molecule has 1 aliphatic rings. The minimum atomic E-state index is 0.429. The van der Waals surface area contributed by atoms with E-state index in [0.717, 1.165) is 53.5 Å². The van der Waals surface area contributed by atoms with Crippen molar-refractivity contribution in [2.75, 3.05) is 57.1 Å². The Labute approximate surface area is 243 Å². The summed E-state index contributed by atoms with van der Waals surface area (Å²) in [6, 6.07) is 18.4. The minimum Gasteiger partial charge on any atom is -0.495 e. The molecule has 0 saturated carbocycles. The average molecular weight is 558 g/mol. The molecule has 4 aromatic rings. The fraction of sp³-hybridized carbons (Fsp3) is 0.438. The number of fused-ring (bicyclic) bond motifs is 1. The molecule has 0 radical (unpaired) electrons. The first-order valence-electron chi connectivity index (χ1n) is 14.8. The van der Waals surface area contributed by atoms with E-state index in [1.807, 2.05) is 60.8 Å². The van der Waals surface area contributed by atoms with Crippen LogP contribution in [0.25, 0.3) is 11.0 Å². The number of ether oxygens (including phenoxy) is 2. The summed E-state index contributed by atoms with van der Waals surface area (Å²) in [6.45, 7) is 13.2. The highest BCUT2D eigenvalue weighted by molar-refractivity contribution is 5.90. The van der Waals surface area contributed by atoms with E-state index in [0.29, 0.717) is 30.3 Å². The summed E-state index contributed by atoms with van der Waals surface area (Å²) in [4.78, 5) is 17.9. The number of H-pyrrole nitrogens is 1. The molecule has 3 heterocycles. The fourth-order valence-electron chi connectivity index (χ4n) is 5.59. The van der Waals surface area contributed by atoms with Gasteiger partial charge in [0.25, 0.3) is 0 Å². The largest absolute Gasteiger partial charge is 0.495 e. The van der Waals surface area contributed by atoms with Gasteiger partial charge in [0.15, 0.2) is 0 Å². The smallest absolute Gasteiger partial charge is 0.231 e. The fourth-order valence-corrected chi connectivity index (χ4v) is 5.59. The summed E-state index contributed by atoms with van der Waals surface area (Å²) >= 11 is 0. The van der Waals surface area contributed by atoms with Gasteiger partial charge in [-0.3, -0.25) is 0 Å². The van der Waals surface area contributed by atoms with E-state index < -0.39 is 0 Å². The summed E-state index contributed by atoms with van der Waals surface area (Å²) in [5.41, 5.74) is 2.43. The summed E-state index contributed by atoms with van der Waals surface area (Å²) in [5, 5.41) is 7.65. The first-order chi connectivity index (χ1) is 20.1. The molecule has 0 bridgehead atoms. The molecule has 0 amide bonds. The normalized spacial score (nSPS) is 15.2. The Morgan fingerprint density at radius 1 is 1.05 bits per heavy atom. The monoisotopic (exact) mass is 557 g/mol. The van der Waals surface area contributed by atoms with Crippen LogP contribution in [0.3, 0.4) is 0 Å². The van der Waals surface area contributed by atoms with Crippen molar-refractivity contribution in [3.05, 3.63) is 60.8 Å². The summed E-state index contributed by atoms with van der Waals surface area (Å²) in [6.07, 6.45) is 4.38. The lowest BCUT2D eigenvalue weighted by molar-refractivity contribution is 0.0936. The van der Waals surface area contributed by atoms with Gasteiger partial charge in [0, 0.05) is 36.5 Å². The molecule has 9 nitrogen and oxygen atoms in total. The van der Waals surface area contributed by atoms with E-state index in [4.69, 9.17) is 14.5 Å². The number of likely N-dealkylation sites (tertiary alicyclic amines) is 1. The third-order valence-electron chi connectivity index (χ3n) is 7.87. The first kappa shape index (κ1) is 28.7. The Balaban J connectivity index is 1.21. The van der Waals surface area contributed by atoms with E-state index >= 15 is 0 Å². The van der Waals surface area contributed by atoms with Crippen LogP contribution in [0.2, 0.25) is 0 Å². The maximum atomic E-state index is 6.25. The van der Waals surface area contributed by atoms with Crippen LogP contribution in [0, 0.1) is 5.92 Å². The molecule has 0 spiro atoms. The molecule has 1 saturated heterocycles. The highest BCUT2D eigenvalue weighted by atomic mass is 16.5. The second kappa shape index (κ2) is 13.7. The van der Waals surface area contributed by atoms with Gasteiger partial charge in [0.05, 0.1) is 24.8 Å². The Morgan fingerprint density at radius 3 is 2.66 bits per heavy atom. The molecule has 0 aliphatic carbocycles. The van der Waals surface area contributed by atoms with E-state index in [-0.39, 0.29) is 0 Å². The molecule has 9 heteroatoms. The van der Waals surface area contributed by atoms with E-state index in [2.05, 4.69) is 51.2 Å². The van der Waals surface area contributed by atoms with Crippen LogP contribution in [0.1, 0.15) is 33.6 Å². The molecule has 1 fully saturated rings. The predicted octanol–water partition coefficient (Wildman–Crippen LogP) is 6.27. The zero-order chi connectivity index (χ0) is 28.6. The van der Waals surface area contributed by atoms with Crippen LogP contribution in [0.5, 0.6) is 11.5 Å². The minimum absolute atomic E-state index is 0.429. The molecule has 2 aromatic heterocycles. The van der Waals surface area contributed by atoms with Crippen molar-refractivity contribution in [3.63, 3.8) is 0 Å². The van der Waals surface area contributed by atoms with Gasteiger partial charge in [0.1, 0.15) is 23.0 Å². The van der Waals surface area contributed by atoms with Crippen LogP contribution in [-0.4, -0.2) is 77.2 Å². The van der Waals surface area contributed by atoms with Gasteiger partial charge in [0.2, 0.25) is 5.95 Å². The van der Waals surface area contributed by atoms with Gasteiger partial charge < -0.3 is 34.9 Å². The van der Waals surface area contributed by atoms with Crippen molar-refractivity contribution < 1.29 is 9.47 Å². The Kier molecular flexibility index (Phi) is 9.59. The molecule has 0 unspecified atom stereocenters. The molecule has 41 heavy (non-hydrogen) atoms. The number of benzene rings is 2. The summed E-state index contributed by atoms with van der Waals surface area (Å²) in [5.74, 6) is 3.17. The van der Waals surface area contributed by atoms with Crippen molar-refractivity contribution in [2.45, 2.75) is 39.7 Å². The number of hydrogen-bond acceptors (Lipinski definition) is 8. The van der Waals surface area contributed by atoms with E-state index in [9.17, 15) is 0 Å². The number of para-hydroxylation sites is 2. The van der Waals surface area contributed by atoms with E-state index in [1.165, 1.54) is 25.9 Å². The first-order valence-corrected chi connectivity index (χ1v) is 14.8. The second-order valence-corrected chi connectivity index (χ2v) is 10.8. The molecule has 218 valence electrons. The number of methoxy groups -OCH3 is 1. The quantitative estimate of drug-likeness (QED) is 0.177. The van der Waals surface area contributed by atoms with Gasteiger partial charge in [-0.05, 0) is 69.4 Å². The van der Waals surface area contributed by atoms with Crippen molar-refractivity contribution in [2.24, 2.45) is 5.92 Å². The average Bonchev–Trinajstić information content (AvgIpc) is 3.48. The number of anilines is 4. The maximum absolute atomic E-state index is 6.25. The van der Waals surface area contributed by atoms with Crippen LogP contribution in [0.15, 0.2) is 60.8 Å². The van der Waals surface area contributed by atoms with Gasteiger partial charge in [-0.25, -0.2) is 0 Å². The van der Waals surface area contributed by atoms with Crippen LogP contribution in [-0.2, 0) is 0 Å². The van der Waals surface area contributed by atoms with Gasteiger partial charge in [-0.15, -0.1) is 0 Å². The maximum Gasteiger partial charge on any atom is 0.231 e. The molecule has 1 atom stereocenters. The highest BCUT2D eigenvalue weighted by Gasteiger charge is 2.24. The van der Waals surface area contributed by atoms with Gasteiger partial charge >= 0.3 is 0 Å². The van der Waals surface area contributed by atoms with Gasteiger partial charge in [-0.2, -0.15) is 9.97 Å². The Morgan fingerprint density at radius 2 is 1.88 bits per heavy atom. The topological polar surface area (TPSA) is 90.6 Å². The van der Waals surface area contributed by atoms with Crippen molar-refractivity contribution in [1.29, 1.82) is 0 Å². The number of aromatic amines is 1. The third kappa shape index (κ3) is 7.28. The number of piperidine rings is 1. The summed E-state index contributed by atoms with van der Waals surface area (Å²) < 4.78 is 11.8. The third-order valence-corrected chi connectivity index (χ3v) is 7.87. The molecule has 5 rings (SSSR count). The standard InChI is InChI=1S/C32H43N7O2/c1-5-38-18-15-25(16-19-38)39(6-2)21-23(3)22-41-26-11-9-10-24(20-26)34-32-36-30-27(14-17-33-30)31(37-32)35-28-12-7-8-13-29(28)40-4/h7-14,17,20,23,25H,5-6,15-16,18-19,21-22H2,1-4H3,(H3,33,34,35,36,37)/t23-/m1/s1. The molecular weight excluding hydrogens is 514 g/mol. The van der Waals surface area contributed by atoms with Crippen LogP contribution < -0.4 is 20.1 Å². The molecular formula is C32H43N7O2. The van der Waals surface area contributed by atoms with E-state index in [1.54, 1.807) is 7.11 Å². The lowest BCUT2D eigenvalue weighted by Crippen LogP contribution is -2.46. The van der Waals surface area contributed by atoms with Crippen LogP contribution in [0.4, 0.5) is 23.1 Å². The van der Waals surface area contributed by atoms with Crippen molar-refractivity contribution in [1.82, 2.24) is 24.8 Å². The second-order valence-electron chi connectivity index (χ2n) is 10.8. The van der Waals surface area contributed by atoms with Crippen molar-refractivity contribution in [3.8, 4) is 11.5 Å².